The van der Waals surface area contributed by atoms with Crippen LogP contribution in [-0.4, -0.2) is 19.1 Å². The maximum atomic E-state index is 12.2. The monoisotopic (exact) mass is 373 g/mol. The molecule has 0 fully saturated rings. The zero-order chi connectivity index (χ0) is 16.7. The van der Waals surface area contributed by atoms with Gasteiger partial charge in [-0.2, -0.15) is 0 Å². The van der Waals surface area contributed by atoms with Crippen molar-refractivity contribution in [1.82, 2.24) is 0 Å². The average molecular weight is 374 g/mol. The molecule has 2 aromatic carbocycles. The number of ether oxygens (including phenoxy) is 1. The highest BCUT2D eigenvalue weighted by Crippen LogP contribution is 2.20. The largest absolute Gasteiger partial charge is 0.463 e. The summed E-state index contributed by atoms with van der Waals surface area (Å²) in [4.78, 5) is 12.2. The zero-order valence-corrected chi connectivity index (χ0v) is 14.9. The van der Waals surface area contributed by atoms with Gasteiger partial charge in [0.2, 0.25) is 0 Å². The molecular formula is C19H20BrNO2. The molecule has 0 aromatic heterocycles. The van der Waals surface area contributed by atoms with Crippen molar-refractivity contribution in [2.24, 2.45) is 0 Å². The Morgan fingerprint density at radius 1 is 1.17 bits per heavy atom. The first-order chi connectivity index (χ1) is 11.1. The van der Waals surface area contributed by atoms with E-state index in [2.05, 4.69) is 21.2 Å². The normalized spacial score (nSPS) is 11.2. The van der Waals surface area contributed by atoms with Crippen LogP contribution in [0.3, 0.4) is 0 Å². The molecule has 0 aliphatic heterocycles. The van der Waals surface area contributed by atoms with Crippen LogP contribution in [0.5, 0.6) is 0 Å². The van der Waals surface area contributed by atoms with Crippen LogP contribution >= 0.6 is 15.9 Å². The first-order valence-corrected chi connectivity index (χ1v) is 8.32. The summed E-state index contributed by atoms with van der Waals surface area (Å²) in [7, 11) is 0. The molecule has 0 bridgehead atoms. The van der Waals surface area contributed by atoms with Gasteiger partial charge >= 0.3 is 5.97 Å². The molecule has 3 nitrogen and oxygen atoms in total. The minimum absolute atomic E-state index is 0.303. The molecule has 0 aliphatic carbocycles. The van der Waals surface area contributed by atoms with Gasteiger partial charge in [-0.3, -0.25) is 0 Å². The molecular weight excluding hydrogens is 354 g/mol. The van der Waals surface area contributed by atoms with E-state index in [0.29, 0.717) is 18.7 Å². The molecule has 0 unspecified atom stereocenters. The molecule has 0 radical (unpaired) electrons. The number of carbonyl (C=O) groups is 1. The second-order valence-electron chi connectivity index (χ2n) is 5.13. The predicted molar refractivity (Wildman–Crippen MR) is 98.4 cm³/mol. The molecule has 120 valence electrons. The van der Waals surface area contributed by atoms with E-state index < -0.39 is 0 Å². The average Bonchev–Trinajstić information content (AvgIpc) is 2.55. The molecule has 0 heterocycles. The van der Waals surface area contributed by atoms with Crippen molar-refractivity contribution in [3.8, 4) is 0 Å². The van der Waals surface area contributed by atoms with Crippen LogP contribution in [0.4, 0.5) is 5.69 Å². The minimum Gasteiger partial charge on any atom is -0.463 e. The van der Waals surface area contributed by atoms with Crippen LogP contribution in [0.25, 0.3) is 6.08 Å². The second-order valence-corrected chi connectivity index (χ2v) is 5.99. The van der Waals surface area contributed by atoms with Crippen LogP contribution in [0.1, 0.15) is 18.1 Å². The summed E-state index contributed by atoms with van der Waals surface area (Å²) in [6, 6.07) is 15.8. The maximum Gasteiger partial charge on any atom is 0.335 e. The molecule has 2 rings (SSSR count). The summed E-state index contributed by atoms with van der Waals surface area (Å²) in [6.45, 7) is 4.61. The van der Waals surface area contributed by atoms with Gasteiger partial charge < -0.3 is 10.1 Å². The van der Waals surface area contributed by atoms with E-state index in [1.54, 1.807) is 6.92 Å². The molecule has 1 N–H and O–H groups in total. The third-order valence-electron chi connectivity index (χ3n) is 3.31. The quantitative estimate of drug-likeness (QED) is 0.582. The summed E-state index contributed by atoms with van der Waals surface area (Å²) < 4.78 is 6.10. The van der Waals surface area contributed by atoms with Crippen LogP contribution in [-0.2, 0) is 9.53 Å². The lowest BCUT2D eigenvalue weighted by Crippen LogP contribution is -2.15. The van der Waals surface area contributed by atoms with E-state index in [-0.39, 0.29) is 5.97 Å². The number of nitrogens with one attached hydrogen (secondary N) is 1. The fraction of sp³-hybridized carbons (Fsp3) is 0.211. The van der Waals surface area contributed by atoms with Crippen molar-refractivity contribution in [1.29, 1.82) is 0 Å². The highest BCUT2D eigenvalue weighted by Gasteiger charge is 2.11. The molecule has 0 aliphatic rings. The second kappa shape index (κ2) is 8.53. The van der Waals surface area contributed by atoms with E-state index in [0.717, 1.165) is 15.7 Å². The number of rotatable bonds is 6. The number of hydrogen-bond donors (Lipinski definition) is 1. The summed E-state index contributed by atoms with van der Waals surface area (Å²) in [5, 5.41) is 3.27. The van der Waals surface area contributed by atoms with Crippen molar-refractivity contribution in [3.63, 3.8) is 0 Å². The van der Waals surface area contributed by atoms with E-state index in [1.165, 1.54) is 5.56 Å². The number of carbonyl (C=O) groups excluding carboxylic acids is 1. The number of hydrogen-bond acceptors (Lipinski definition) is 3. The van der Waals surface area contributed by atoms with Crippen LogP contribution in [0.2, 0.25) is 0 Å². The van der Waals surface area contributed by atoms with Gasteiger partial charge in [-0.1, -0.05) is 51.8 Å². The summed E-state index contributed by atoms with van der Waals surface area (Å²) >= 11 is 3.50. The van der Waals surface area contributed by atoms with E-state index in [1.807, 2.05) is 61.5 Å². The van der Waals surface area contributed by atoms with Gasteiger partial charge in [0.05, 0.1) is 12.2 Å². The Labute approximate surface area is 145 Å². The molecule has 23 heavy (non-hydrogen) atoms. The smallest absolute Gasteiger partial charge is 0.335 e. The first kappa shape index (κ1) is 17.3. The van der Waals surface area contributed by atoms with Crippen molar-refractivity contribution in [2.45, 2.75) is 13.8 Å². The molecule has 4 heteroatoms. The first-order valence-electron chi connectivity index (χ1n) is 7.53. The molecule has 0 atom stereocenters. The Balaban J connectivity index is 2.19. The lowest BCUT2D eigenvalue weighted by Gasteiger charge is -2.11. The van der Waals surface area contributed by atoms with Crippen LogP contribution in [0, 0.1) is 6.92 Å². The van der Waals surface area contributed by atoms with Gasteiger partial charge in [0, 0.05) is 16.7 Å². The number of benzene rings is 2. The van der Waals surface area contributed by atoms with Crippen LogP contribution in [0.15, 0.2) is 58.6 Å². The SMILES string of the molecule is CCOC(=O)/C(=C/c1ccccc1Br)CNc1ccc(C)cc1. The standard InChI is InChI=1S/C19H20BrNO2/c1-3-23-19(22)16(12-15-6-4-5-7-18(15)20)13-21-17-10-8-14(2)9-11-17/h4-12,21H,3,13H2,1-2H3/b16-12+. The minimum atomic E-state index is -0.303. The van der Waals surface area contributed by atoms with Gasteiger partial charge in [-0.15, -0.1) is 0 Å². The lowest BCUT2D eigenvalue weighted by atomic mass is 10.1. The maximum absolute atomic E-state index is 12.2. The topological polar surface area (TPSA) is 38.3 Å². The van der Waals surface area contributed by atoms with Gasteiger partial charge in [-0.05, 0) is 43.7 Å². The summed E-state index contributed by atoms with van der Waals surface area (Å²) in [5.74, 6) is -0.303. The van der Waals surface area contributed by atoms with Gasteiger partial charge in [0.25, 0.3) is 0 Å². The number of halogens is 1. The fourth-order valence-corrected chi connectivity index (χ4v) is 2.45. The van der Waals surface area contributed by atoms with Crippen molar-refractivity contribution >= 4 is 33.7 Å². The molecule has 0 saturated heterocycles. The van der Waals surface area contributed by atoms with E-state index in [9.17, 15) is 4.79 Å². The lowest BCUT2D eigenvalue weighted by molar-refractivity contribution is -0.138. The number of esters is 1. The Kier molecular flexibility index (Phi) is 6.41. The Bertz CT molecular complexity index is 693. The van der Waals surface area contributed by atoms with E-state index in [4.69, 9.17) is 4.74 Å². The Morgan fingerprint density at radius 3 is 2.52 bits per heavy atom. The van der Waals surface area contributed by atoms with Crippen molar-refractivity contribution in [2.75, 3.05) is 18.5 Å². The Hall–Kier alpha value is -2.07. The zero-order valence-electron chi connectivity index (χ0n) is 13.3. The molecule has 0 spiro atoms. The highest BCUT2D eigenvalue weighted by atomic mass is 79.9. The number of anilines is 1. The van der Waals surface area contributed by atoms with Crippen LogP contribution < -0.4 is 5.32 Å². The van der Waals surface area contributed by atoms with Gasteiger partial charge in [0.1, 0.15) is 0 Å². The number of aryl methyl sites for hydroxylation is 1. The van der Waals surface area contributed by atoms with Crippen molar-refractivity contribution < 1.29 is 9.53 Å². The fourth-order valence-electron chi connectivity index (χ4n) is 2.05. The summed E-state index contributed by atoms with van der Waals surface area (Å²) in [5.41, 5.74) is 3.70. The molecule has 0 amide bonds. The summed E-state index contributed by atoms with van der Waals surface area (Å²) in [6.07, 6.45) is 1.85. The van der Waals surface area contributed by atoms with Gasteiger partial charge in [-0.25, -0.2) is 4.79 Å². The Morgan fingerprint density at radius 2 is 1.87 bits per heavy atom. The molecule has 2 aromatic rings. The third-order valence-corrected chi connectivity index (χ3v) is 4.03. The van der Waals surface area contributed by atoms with Gasteiger partial charge in [0.15, 0.2) is 0 Å². The highest BCUT2D eigenvalue weighted by molar-refractivity contribution is 9.10. The third kappa shape index (κ3) is 5.25. The molecule has 0 saturated carbocycles. The van der Waals surface area contributed by atoms with Crippen molar-refractivity contribution in [3.05, 3.63) is 69.7 Å². The van der Waals surface area contributed by atoms with E-state index >= 15 is 0 Å². The predicted octanol–water partition coefficient (Wildman–Crippen LogP) is 4.82.